The average molecular weight is 371 g/mol. The van der Waals surface area contributed by atoms with Crippen molar-refractivity contribution in [2.24, 2.45) is 5.92 Å². The van der Waals surface area contributed by atoms with Gasteiger partial charge in [0.1, 0.15) is 5.69 Å². The summed E-state index contributed by atoms with van der Waals surface area (Å²) in [5, 5.41) is 8.81. The Kier molecular flexibility index (Phi) is 5.67. The summed E-state index contributed by atoms with van der Waals surface area (Å²) in [4.78, 5) is 25.4. The van der Waals surface area contributed by atoms with E-state index in [1.807, 2.05) is 21.7 Å². The number of hydrogen-bond acceptors (Lipinski definition) is 2. The van der Waals surface area contributed by atoms with Crippen molar-refractivity contribution in [2.45, 2.75) is 45.6 Å². The maximum Gasteiger partial charge on any atom is 0.303 e. The molecule has 122 valence electrons. The first-order valence-electron chi connectivity index (χ1n) is 7.77. The van der Waals surface area contributed by atoms with E-state index in [0.717, 1.165) is 23.9 Å². The van der Waals surface area contributed by atoms with Crippen LogP contribution in [0, 0.1) is 5.92 Å². The monoisotopic (exact) mass is 370 g/mol. The van der Waals surface area contributed by atoms with Crippen LogP contribution in [-0.2, 0) is 4.79 Å². The van der Waals surface area contributed by atoms with Gasteiger partial charge in [-0.1, -0.05) is 0 Å². The summed E-state index contributed by atoms with van der Waals surface area (Å²) in [6.07, 6.45) is 4.71. The summed E-state index contributed by atoms with van der Waals surface area (Å²) in [5.41, 5.74) is 0.695. The van der Waals surface area contributed by atoms with Gasteiger partial charge in [0.2, 0.25) is 0 Å². The predicted octanol–water partition coefficient (Wildman–Crippen LogP) is 3.55. The molecule has 1 N–H and O–H groups in total. The first-order chi connectivity index (χ1) is 10.4. The molecule has 1 aliphatic heterocycles. The molecule has 0 aromatic carbocycles. The van der Waals surface area contributed by atoms with Crippen molar-refractivity contribution in [2.75, 3.05) is 13.1 Å². The van der Waals surface area contributed by atoms with Crippen LogP contribution in [0.1, 0.15) is 56.1 Å². The Morgan fingerprint density at radius 2 is 2.18 bits per heavy atom. The highest BCUT2D eigenvalue weighted by Crippen LogP contribution is 2.25. The van der Waals surface area contributed by atoms with E-state index in [1.54, 1.807) is 0 Å². The molecule has 1 aromatic rings. The molecule has 2 heterocycles. The summed E-state index contributed by atoms with van der Waals surface area (Å²) in [7, 11) is 0. The fraction of sp³-hybridized carbons (Fsp3) is 0.625. The number of amides is 1. The Morgan fingerprint density at radius 1 is 1.45 bits per heavy atom. The molecule has 2 rings (SSSR count). The van der Waals surface area contributed by atoms with Crippen LogP contribution in [0.25, 0.3) is 0 Å². The molecule has 1 fully saturated rings. The third kappa shape index (κ3) is 4.12. The molecule has 0 saturated carbocycles. The Hall–Kier alpha value is -1.30. The molecule has 0 unspecified atom stereocenters. The van der Waals surface area contributed by atoms with Gasteiger partial charge in [-0.05, 0) is 61.0 Å². The Bertz CT molecular complexity index is 554. The smallest absolute Gasteiger partial charge is 0.303 e. The van der Waals surface area contributed by atoms with Gasteiger partial charge in [0.05, 0.1) is 0 Å². The van der Waals surface area contributed by atoms with E-state index in [2.05, 4.69) is 29.8 Å². The molecule has 1 saturated heterocycles. The number of carbonyl (C=O) groups is 2. The number of nitrogens with zero attached hydrogens (tertiary/aromatic N) is 2. The van der Waals surface area contributed by atoms with E-state index in [-0.39, 0.29) is 18.4 Å². The highest BCUT2D eigenvalue weighted by atomic mass is 79.9. The minimum Gasteiger partial charge on any atom is -0.481 e. The molecule has 0 bridgehead atoms. The lowest BCUT2D eigenvalue weighted by molar-refractivity contribution is -0.137. The number of rotatable bonds is 5. The van der Waals surface area contributed by atoms with Crippen LogP contribution in [0.3, 0.4) is 0 Å². The van der Waals surface area contributed by atoms with Gasteiger partial charge >= 0.3 is 5.97 Å². The number of carbonyl (C=O) groups excluding carboxylic acids is 1. The lowest BCUT2D eigenvalue weighted by Gasteiger charge is -2.33. The lowest BCUT2D eigenvalue weighted by atomic mass is 9.93. The fourth-order valence-electron chi connectivity index (χ4n) is 3.02. The molecule has 1 atom stereocenters. The number of likely N-dealkylation sites (tertiary alicyclic amines) is 1. The summed E-state index contributed by atoms with van der Waals surface area (Å²) in [6, 6.07) is 2.08. The van der Waals surface area contributed by atoms with Crippen molar-refractivity contribution in [3.63, 3.8) is 0 Å². The van der Waals surface area contributed by atoms with Crippen LogP contribution >= 0.6 is 15.9 Å². The van der Waals surface area contributed by atoms with Gasteiger partial charge in [0.25, 0.3) is 5.91 Å². The molecule has 1 amide bonds. The van der Waals surface area contributed by atoms with E-state index in [4.69, 9.17) is 5.11 Å². The molecule has 1 aromatic heterocycles. The number of hydrogen-bond donors (Lipinski definition) is 1. The van der Waals surface area contributed by atoms with Crippen molar-refractivity contribution < 1.29 is 14.7 Å². The summed E-state index contributed by atoms with van der Waals surface area (Å²) in [5.74, 6) is -0.430. The van der Waals surface area contributed by atoms with Crippen molar-refractivity contribution in [1.82, 2.24) is 9.47 Å². The lowest BCUT2D eigenvalue weighted by Crippen LogP contribution is -2.40. The summed E-state index contributed by atoms with van der Waals surface area (Å²) >= 11 is 3.44. The van der Waals surface area contributed by atoms with E-state index < -0.39 is 5.97 Å². The zero-order valence-electron chi connectivity index (χ0n) is 13.1. The Morgan fingerprint density at radius 3 is 2.82 bits per heavy atom. The Labute approximate surface area is 139 Å². The van der Waals surface area contributed by atoms with Gasteiger partial charge in [0, 0.05) is 36.2 Å². The van der Waals surface area contributed by atoms with Crippen LogP contribution in [-0.4, -0.2) is 39.5 Å². The number of carboxylic acid groups (broad SMARTS) is 1. The van der Waals surface area contributed by atoms with Crippen LogP contribution in [0.15, 0.2) is 16.7 Å². The van der Waals surface area contributed by atoms with Gasteiger partial charge in [0.15, 0.2) is 0 Å². The van der Waals surface area contributed by atoms with E-state index in [0.29, 0.717) is 24.6 Å². The number of aliphatic carboxylic acids is 1. The van der Waals surface area contributed by atoms with Crippen molar-refractivity contribution in [3.05, 3.63) is 22.4 Å². The van der Waals surface area contributed by atoms with Crippen LogP contribution in [0.2, 0.25) is 0 Å². The zero-order chi connectivity index (χ0) is 16.3. The van der Waals surface area contributed by atoms with Crippen LogP contribution in [0.4, 0.5) is 0 Å². The number of halogens is 1. The van der Waals surface area contributed by atoms with Gasteiger partial charge in [-0.15, -0.1) is 0 Å². The van der Waals surface area contributed by atoms with Gasteiger partial charge in [-0.25, -0.2) is 0 Å². The fourth-order valence-corrected chi connectivity index (χ4v) is 3.46. The van der Waals surface area contributed by atoms with E-state index in [1.165, 1.54) is 0 Å². The quantitative estimate of drug-likeness (QED) is 0.861. The molecule has 0 spiro atoms. The average Bonchev–Trinajstić information content (AvgIpc) is 2.87. The predicted molar refractivity (Wildman–Crippen MR) is 88.0 cm³/mol. The van der Waals surface area contributed by atoms with E-state index in [9.17, 15) is 9.59 Å². The highest BCUT2D eigenvalue weighted by molar-refractivity contribution is 9.10. The highest BCUT2D eigenvalue weighted by Gasteiger charge is 2.27. The number of aromatic nitrogens is 1. The second-order valence-electron chi connectivity index (χ2n) is 6.24. The van der Waals surface area contributed by atoms with Crippen molar-refractivity contribution in [3.8, 4) is 0 Å². The molecule has 0 aliphatic carbocycles. The van der Waals surface area contributed by atoms with Gasteiger partial charge in [-0.3, -0.25) is 9.59 Å². The van der Waals surface area contributed by atoms with Crippen molar-refractivity contribution >= 4 is 27.8 Å². The number of piperidine rings is 1. The minimum atomic E-state index is -0.763. The number of carboxylic acids is 1. The molecular weight excluding hydrogens is 348 g/mol. The standard InChI is InChI=1S/C16H23BrN2O3/c1-11(2)19-10-13(17)8-14(19)16(22)18-7-3-4-12(9-18)5-6-15(20)21/h8,10-12H,3-7,9H2,1-2H3,(H,20,21)/t12-/m1/s1. The van der Waals surface area contributed by atoms with Gasteiger partial charge < -0.3 is 14.6 Å². The molecule has 22 heavy (non-hydrogen) atoms. The maximum atomic E-state index is 12.8. The minimum absolute atomic E-state index is 0.0411. The van der Waals surface area contributed by atoms with Crippen LogP contribution < -0.4 is 0 Å². The summed E-state index contributed by atoms with van der Waals surface area (Å²) in [6.45, 7) is 5.51. The third-order valence-corrected chi connectivity index (χ3v) is 4.60. The summed E-state index contributed by atoms with van der Waals surface area (Å²) < 4.78 is 2.89. The SMILES string of the molecule is CC(C)n1cc(Br)cc1C(=O)N1CCC[C@H](CCC(=O)O)C1. The van der Waals surface area contributed by atoms with Crippen molar-refractivity contribution in [1.29, 1.82) is 0 Å². The molecular formula is C16H23BrN2O3. The topological polar surface area (TPSA) is 62.5 Å². The first-order valence-corrected chi connectivity index (χ1v) is 8.56. The van der Waals surface area contributed by atoms with Crippen LogP contribution in [0.5, 0.6) is 0 Å². The molecule has 6 heteroatoms. The molecule has 0 radical (unpaired) electrons. The zero-order valence-corrected chi connectivity index (χ0v) is 14.7. The van der Waals surface area contributed by atoms with E-state index >= 15 is 0 Å². The largest absolute Gasteiger partial charge is 0.481 e. The third-order valence-electron chi connectivity index (χ3n) is 4.16. The molecule has 5 nitrogen and oxygen atoms in total. The molecule has 1 aliphatic rings. The Balaban J connectivity index is 2.07. The second-order valence-corrected chi connectivity index (χ2v) is 7.15. The second kappa shape index (κ2) is 7.31. The van der Waals surface area contributed by atoms with Gasteiger partial charge in [-0.2, -0.15) is 0 Å². The maximum absolute atomic E-state index is 12.8. The first kappa shape index (κ1) is 17.1. The normalized spacial score (nSPS) is 18.7.